The number of thioether (sulfide) groups is 1. The number of nitrogens with one attached hydrogen (secondary N) is 2. The van der Waals surface area contributed by atoms with Crippen LogP contribution in [0.1, 0.15) is 66.4 Å². The molecule has 2 aromatic heterocycles. The van der Waals surface area contributed by atoms with Crippen molar-refractivity contribution in [3.63, 3.8) is 0 Å². The second kappa shape index (κ2) is 19.0. The van der Waals surface area contributed by atoms with Gasteiger partial charge < -0.3 is 21.2 Å². The average Bonchev–Trinajstić information content (AvgIpc) is 3.49. The summed E-state index contributed by atoms with van der Waals surface area (Å²) in [4.78, 5) is 12.2. The van der Waals surface area contributed by atoms with Crippen LogP contribution >= 0.6 is 11.8 Å². The molecule has 1 aliphatic heterocycles. The third kappa shape index (κ3) is 11.8. The van der Waals surface area contributed by atoms with Crippen LogP contribution in [0.4, 0.5) is 8.78 Å². The van der Waals surface area contributed by atoms with Crippen molar-refractivity contribution in [2.75, 3.05) is 7.05 Å². The van der Waals surface area contributed by atoms with Crippen molar-refractivity contribution in [1.82, 2.24) is 20.2 Å². The number of alkyl halides is 2. The molecule has 4 N–H and O–H groups in total. The zero-order valence-corrected chi connectivity index (χ0v) is 22.9. The number of aldehydes is 1. The molecule has 0 radical (unpaired) electrons. The second-order valence-corrected chi connectivity index (χ2v) is 8.76. The number of hydrogen-bond acceptors (Lipinski definition) is 6. The lowest BCUT2D eigenvalue weighted by atomic mass is 10.1. The van der Waals surface area contributed by atoms with Gasteiger partial charge in [-0.2, -0.15) is 5.10 Å². The number of likely N-dealkylation sites (N-methyl/N-ethyl adjacent to an activating group) is 1. The zero-order chi connectivity index (χ0) is 26.8. The van der Waals surface area contributed by atoms with Gasteiger partial charge in [0.05, 0.1) is 17.4 Å². The Kier molecular flexibility index (Phi) is 17.8. The Morgan fingerprint density at radius 3 is 2.43 bits per heavy atom. The van der Waals surface area contributed by atoms with Crippen molar-refractivity contribution in [2.24, 2.45) is 5.73 Å². The van der Waals surface area contributed by atoms with Crippen LogP contribution in [0, 0.1) is 0 Å². The lowest BCUT2D eigenvalue weighted by Crippen LogP contribution is -2.38. The highest BCUT2D eigenvalue weighted by Gasteiger charge is 2.25. The monoisotopic (exact) mass is 511 g/mol. The predicted molar refractivity (Wildman–Crippen MR) is 147 cm³/mol. The predicted octanol–water partition coefficient (Wildman–Crippen LogP) is 5.85. The molecule has 3 heterocycles. The van der Waals surface area contributed by atoms with Gasteiger partial charge in [0.25, 0.3) is 0 Å². The zero-order valence-electron chi connectivity index (χ0n) is 22.1. The number of fused-ring (bicyclic) bond motifs is 1. The summed E-state index contributed by atoms with van der Waals surface area (Å²) in [6.45, 7) is 11.6. The van der Waals surface area contributed by atoms with Crippen LogP contribution in [0.3, 0.4) is 0 Å². The van der Waals surface area contributed by atoms with E-state index in [1.807, 2.05) is 62.9 Å². The molecule has 3 unspecified atom stereocenters. The maximum Gasteiger partial charge on any atom is 0.238 e. The number of hydrogen-bond donors (Lipinski definition) is 3. The van der Waals surface area contributed by atoms with Crippen molar-refractivity contribution in [2.45, 2.75) is 84.7 Å². The molecule has 0 bridgehead atoms. The molecule has 0 fully saturated rings. The summed E-state index contributed by atoms with van der Waals surface area (Å²) >= 11 is 1.55. The molecular weight excluding hydrogens is 468 g/mol. The van der Waals surface area contributed by atoms with Crippen LogP contribution in [0.5, 0.6) is 0 Å². The number of carbonyl (C=O) groups excluding carboxylic acids is 1. The largest absolute Gasteiger partial charge is 0.366 e. The molecule has 35 heavy (non-hydrogen) atoms. The number of pyridine rings is 1. The molecule has 0 spiro atoms. The van der Waals surface area contributed by atoms with E-state index in [0.29, 0.717) is 6.04 Å². The maximum atomic E-state index is 11.1. The van der Waals surface area contributed by atoms with Gasteiger partial charge in [-0.1, -0.05) is 64.1 Å². The van der Waals surface area contributed by atoms with Crippen LogP contribution < -0.4 is 16.4 Å². The lowest BCUT2D eigenvalue weighted by molar-refractivity contribution is -0.107. The minimum Gasteiger partial charge on any atom is -0.366 e. The molecule has 3 atom stereocenters. The van der Waals surface area contributed by atoms with Gasteiger partial charge in [0.2, 0.25) is 6.43 Å². The number of nitrogens with zero attached hydrogens (tertiary/aromatic N) is 2. The van der Waals surface area contributed by atoms with Gasteiger partial charge in [-0.3, -0.25) is 0 Å². The Morgan fingerprint density at radius 2 is 1.94 bits per heavy atom. The smallest absolute Gasteiger partial charge is 0.238 e. The second-order valence-electron chi connectivity index (χ2n) is 7.57. The topological polar surface area (TPSA) is 84.5 Å². The van der Waals surface area contributed by atoms with E-state index >= 15 is 0 Å². The molecule has 0 saturated heterocycles. The fourth-order valence-corrected chi connectivity index (χ4v) is 3.55. The number of aromatic nitrogens is 2. The van der Waals surface area contributed by atoms with Crippen molar-refractivity contribution < 1.29 is 13.6 Å². The maximum absolute atomic E-state index is 11.1. The van der Waals surface area contributed by atoms with Crippen LogP contribution in [0.2, 0.25) is 0 Å². The molecule has 198 valence electrons. The standard InChI is InChI=1S/C16H17N3OS.C5H14N2.C3H6F2.C2H6/c1-2-3-4-8-14-16(18-15(11-20)21-14)12-10-17-19-9-6-5-7-13(12)19;1-4(6)5(2)7-3;1-2-3(4)5;1-2/h4-11,15,18H,2-3H2,1H3;4-5,7H,6H2,1-3H3;3H,2H2,1H3;1-2H3/b8-4+;;;. The summed E-state index contributed by atoms with van der Waals surface area (Å²) in [5.74, 6) is 0. The summed E-state index contributed by atoms with van der Waals surface area (Å²) < 4.78 is 23.4. The van der Waals surface area contributed by atoms with E-state index in [-0.39, 0.29) is 17.8 Å². The van der Waals surface area contributed by atoms with Crippen molar-refractivity contribution >= 4 is 29.3 Å². The summed E-state index contributed by atoms with van der Waals surface area (Å²) in [5, 5.41) is 10.5. The van der Waals surface area contributed by atoms with E-state index in [1.165, 1.54) is 6.92 Å². The van der Waals surface area contributed by atoms with E-state index in [9.17, 15) is 13.6 Å². The van der Waals surface area contributed by atoms with Crippen LogP contribution in [-0.4, -0.2) is 46.8 Å². The molecule has 1 aliphatic rings. The Bertz CT molecular complexity index is 899. The lowest BCUT2D eigenvalue weighted by Gasteiger charge is -2.12. The molecule has 6 nitrogen and oxygen atoms in total. The average molecular weight is 512 g/mol. The van der Waals surface area contributed by atoms with E-state index in [2.05, 4.69) is 41.7 Å². The van der Waals surface area contributed by atoms with Crippen LogP contribution in [-0.2, 0) is 4.79 Å². The van der Waals surface area contributed by atoms with Gasteiger partial charge in [-0.25, -0.2) is 13.3 Å². The SMILES string of the molecule is CC.CCC(F)F.CCC/C=C/C1=C(c2cnn3ccccc23)NC(C=O)S1.CNC(C)C(C)N. The van der Waals surface area contributed by atoms with E-state index in [1.54, 1.807) is 11.8 Å². The molecular formula is C26H43F2N5OS. The van der Waals surface area contributed by atoms with Gasteiger partial charge >= 0.3 is 0 Å². The van der Waals surface area contributed by atoms with Crippen molar-refractivity contribution in [3.05, 3.63) is 53.2 Å². The highest BCUT2D eigenvalue weighted by Crippen LogP contribution is 2.36. The third-order valence-electron chi connectivity index (χ3n) is 4.88. The van der Waals surface area contributed by atoms with E-state index in [4.69, 9.17) is 5.73 Å². The van der Waals surface area contributed by atoms with Gasteiger partial charge in [-0.05, 0) is 39.4 Å². The molecule has 0 amide bonds. The first-order valence-electron chi connectivity index (χ1n) is 12.2. The first-order valence-corrected chi connectivity index (χ1v) is 13.1. The Hall–Kier alpha value is -2.23. The van der Waals surface area contributed by atoms with Gasteiger partial charge in [-0.15, -0.1) is 0 Å². The molecule has 2 aromatic rings. The normalized spacial score (nSPS) is 16.5. The van der Waals surface area contributed by atoms with Crippen molar-refractivity contribution in [1.29, 1.82) is 0 Å². The minimum atomic E-state index is -2.12. The minimum absolute atomic E-state index is 0.0278. The number of unbranched alkanes of at least 4 members (excludes halogenated alkanes) is 1. The Balaban J connectivity index is 0.000000687. The summed E-state index contributed by atoms with van der Waals surface area (Å²) in [6.07, 6.45) is 8.98. The van der Waals surface area contributed by atoms with E-state index in [0.717, 1.165) is 40.8 Å². The molecule has 0 aromatic carbocycles. The number of carbonyl (C=O) groups is 1. The Morgan fingerprint density at radius 1 is 1.29 bits per heavy atom. The first-order chi connectivity index (χ1) is 16.8. The van der Waals surface area contributed by atoms with Gasteiger partial charge in [0, 0.05) is 35.2 Å². The number of rotatable bonds is 8. The fraction of sp³-hybridized carbons (Fsp3) is 0.538. The van der Waals surface area contributed by atoms with Gasteiger partial charge in [0.15, 0.2) is 6.29 Å². The highest BCUT2D eigenvalue weighted by atomic mass is 32.2. The number of allylic oxidation sites excluding steroid dienone is 2. The first kappa shape index (κ1) is 32.8. The molecule has 9 heteroatoms. The number of halogens is 2. The summed E-state index contributed by atoms with van der Waals surface area (Å²) in [5.41, 5.74) is 8.54. The molecule has 0 aliphatic carbocycles. The number of nitrogens with two attached hydrogens (primary N) is 1. The highest BCUT2D eigenvalue weighted by molar-refractivity contribution is 8.04. The molecule has 0 saturated carbocycles. The third-order valence-corrected chi connectivity index (χ3v) is 5.96. The molecule has 3 rings (SSSR count). The van der Waals surface area contributed by atoms with Gasteiger partial charge in [0.1, 0.15) is 5.37 Å². The summed E-state index contributed by atoms with van der Waals surface area (Å²) in [7, 11) is 1.91. The quantitative estimate of drug-likeness (QED) is 0.386. The van der Waals surface area contributed by atoms with Crippen molar-refractivity contribution in [3.8, 4) is 0 Å². The Labute approximate surface area is 213 Å². The summed E-state index contributed by atoms with van der Waals surface area (Å²) in [6, 6.07) is 6.66. The van der Waals surface area contributed by atoms with Crippen LogP contribution in [0.25, 0.3) is 11.2 Å². The van der Waals surface area contributed by atoms with Crippen LogP contribution in [0.15, 0.2) is 47.6 Å². The van der Waals surface area contributed by atoms with E-state index < -0.39 is 6.43 Å². The fourth-order valence-electron chi connectivity index (χ4n) is 2.58.